The van der Waals surface area contributed by atoms with Crippen LogP contribution in [0, 0.1) is 5.92 Å². The molecule has 0 saturated heterocycles. The van der Waals surface area contributed by atoms with Gasteiger partial charge in [0.15, 0.2) is 0 Å². The molecule has 0 aliphatic rings. The molecule has 0 aliphatic carbocycles. The molecular formula is C14H22O4. The number of rotatable bonds is 3. The first-order valence-electron chi connectivity index (χ1n) is 5.85. The van der Waals surface area contributed by atoms with Gasteiger partial charge in [-0.3, -0.25) is 0 Å². The van der Waals surface area contributed by atoms with E-state index < -0.39 is 17.7 Å². The van der Waals surface area contributed by atoms with E-state index in [1.807, 2.05) is 6.92 Å². The summed E-state index contributed by atoms with van der Waals surface area (Å²) in [5.74, 6) is -0.951. The molecule has 102 valence electrons. The van der Waals surface area contributed by atoms with Gasteiger partial charge in [0, 0.05) is 5.92 Å². The first kappa shape index (κ1) is 16.6. The maximum absolute atomic E-state index is 10.2. The second kappa shape index (κ2) is 7.13. The Morgan fingerprint density at radius 1 is 1.17 bits per heavy atom. The Bertz CT molecular complexity index is 352. The third-order valence-corrected chi connectivity index (χ3v) is 2.86. The van der Waals surface area contributed by atoms with Crippen molar-refractivity contribution in [1.29, 1.82) is 0 Å². The van der Waals surface area contributed by atoms with E-state index in [9.17, 15) is 9.90 Å². The summed E-state index contributed by atoms with van der Waals surface area (Å²) in [4.78, 5) is 10.2. The molecule has 2 unspecified atom stereocenters. The Hall–Kier alpha value is -1.39. The standard InChI is InChI=1S/C7H6O2.C7H16O2/c8-7(9)6-4-2-1-3-5-6;1-5(6(2)8)7(3,4)9/h1-5H,(H,8,9);5-6,8-9H,1-4H3. The number of carboxylic acid groups (broad SMARTS) is 1. The number of hydrogen-bond acceptors (Lipinski definition) is 3. The van der Waals surface area contributed by atoms with E-state index in [1.54, 1.807) is 51.1 Å². The van der Waals surface area contributed by atoms with Gasteiger partial charge in [0.1, 0.15) is 0 Å². The Labute approximate surface area is 108 Å². The molecule has 4 nitrogen and oxygen atoms in total. The lowest BCUT2D eigenvalue weighted by Gasteiger charge is -2.27. The van der Waals surface area contributed by atoms with Crippen molar-refractivity contribution in [3.05, 3.63) is 35.9 Å². The molecule has 1 aromatic carbocycles. The minimum atomic E-state index is -0.879. The van der Waals surface area contributed by atoms with Gasteiger partial charge in [0.2, 0.25) is 0 Å². The van der Waals surface area contributed by atoms with Crippen molar-refractivity contribution in [2.45, 2.75) is 39.4 Å². The number of carboxylic acids is 1. The van der Waals surface area contributed by atoms with Crippen molar-refractivity contribution in [2.24, 2.45) is 5.92 Å². The third kappa shape index (κ3) is 6.37. The molecule has 18 heavy (non-hydrogen) atoms. The zero-order chi connectivity index (χ0) is 14.3. The highest BCUT2D eigenvalue weighted by Crippen LogP contribution is 2.18. The highest BCUT2D eigenvalue weighted by atomic mass is 16.4. The van der Waals surface area contributed by atoms with Crippen LogP contribution in [0.1, 0.15) is 38.1 Å². The van der Waals surface area contributed by atoms with Gasteiger partial charge in [-0.1, -0.05) is 25.1 Å². The van der Waals surface area contributed by atoms with Crippen molar-refractivity contribution >= 4 is 5.97 Å². The maximum Gasteiger partial charge on any atom is 0.335 e. The summed E-state index contributed by atoms with van der Waals surface area (Å²) < 4.78 is 0. The summed E-state index contributed by atoms with van der Waals surface area (Å²) in [5.41, 5.74) is -0.439. The fraction of sp³-hybridized carbons (Fsp3) is 0.500. The van der Waals surface area contributed by atoms with Crippen LogP contribution in [0.5, 0.6) is 0 Å². The topological polar surface area (TPSA) is 77.8 Å². The molecule has 0 radical (unpaired) electrons. The molecule has 0 amide bonds. The lowest BCUT2D eigenvalue weighted by Crippen LogP contribution is -2.35. The molecular weight excluding hydrogens is 232 g/mol. The maximum atomic E-state index is 10.2. The minimum Gasteiger partial charge on any atom is -0.478 e. The normalized spacial score (nSPS) is 14.1. The van der Waals surface area contributed by atoms with Gasteiger partial charge in [-0.25, -0.2) is 4.79 Å². The van der Waals surface area contributed by atoms with Crippen LogP contribution in [0.3, 0.4) is 0 Å². The predicted molar refractivity (Wildman–Crippen MR) is 70.5 cm³/mol. The van der Waals surface area contributed by atoms with Gasteiger partial charge in [0.25, 0.3) is 0 Å². The van der Waals surface area contributed by atoms with Crippen LogP contribution in [0.4, 0.5) is 0 Å². The highest BCUT2D eigenvalue weighted by molar-refractivity contribution is 5.87. The van der Waals surface area contributed by atoms with Crippen LogP contribution < -0.4 is 0 Å². The molecule has 1 aromatic rings. The van der Waals surface area contributed by atoms with Crippen molar-refractivity contribution in [3.8, 4) is 0 Å². The van der Waals surface area contributed by atoms with Crippen LogP contribution in [0.25, 0.3) is 0 Å². The Balaban J connectivity index is 0.000000321. The molecule has 0 fully saturated rings. The summed E-state index contributed by atoms with van der Waals surface area (Å²) in [7, 11) is 0. The van der Waals surface area contributed by atoms with Crippen LogP contribution in [-0.4, -0.2) is 33.0 Å². The quantitative estimate of drug-likeness (QED) is 0.772. The van der Waals surface area contributed by atoms with Crippen LogP contribution in [-0.2, 0) is 0 Å². The molecule has 2 atom stereocenters. The fourth-order valence-electron chi connectivity index (χ4n) is 1.17. The molecule has 0 heterocycles. The molecule has 4 heteroatoms. The van der Waals surface area contributed by atoms with Gasteiger partial charge in [-0.15, -0.1) is 0 Å². The molecule has 0 saturated carbocycles. The fourth-order valence-corrected chi connectivity index (χ4v) is 1.17. The number of benzene rings is 1. The Morgan fingerprint density at radius 3 is 1.78 bits per heavy atom. The first-order valence-corrected chi connectivity index (χ1v) is 5.85. The molecule has 0 bridgehead atoms. The van der Waals surface area contributed by atoms with E-state index in [0.717, 1.165) is 0 Å². The Kier molecular flexibility index (Phi) is 6.58. The lowest BCUT2D eigenvalue weighted by atomic mass is 9.89. The SMILES string of the molecule is CC(O)C(C)C(C)(C)O.O=C(O)c1ccccc1. The number of hydrogen-bond donors (Lipinski definition) is 3. The van der Waals surface area contributed by atoms with Crippen molar-refractivity contribution < 1.29 is 20.1 Å². The largest absolute Gasteiger partial charge is 0.478 e. The van der Waals surface area contributed by atoms with Gasteiger partial charge < -0.3 is 15.3 Å². The smallest absolute Gasteiger partial charge is 0.335 e. The molecule has 0 aromatic heterocycles. The van der Waals surface area contributed by atoms with E-state index in [4.69, 9.17) is 10.2 Å². The zero-order valence-electron chi connectivity index (χ0n) is 11.3. The lowest BCUT2D eigenvalue weighted by molar-refractivity contribution is -0.0310. The van der Waals surface area contributed by atoms with Gasteiger partial charge in [-0.05, 0) is 32.9 Å². The second-order valence-electron chi connectivity index (χ2n) is 4.85. The minimum absolute atomic E-state index is 0.0718. The van der Waals surface area contributed by atoms with Crippen molar-refractivity contribution in [3.63, 3.8) is 0 Å². The molecule has 0 aliphatic heterocycles. The number of aromatic carboxylic acids is 1. The number of carbonyl (C=O) groups is 1. The van der Waals surface area contributed by atoms with Crippen molar-refractivity contribution in [2.75, 3.05) is 0 Å². The average Bonchev–Trinajstić information content (AvgIpc) is 2.28. The molecule has 1 rings (SSSR count). The Morgan fingerprint density at radius 2 is 1.61 bits per heavy atom. The number of aliphatic hydroxyl groups is 2. The monoisotopic (exact) mass is 254 g/mol. The van der Waals surface area contributed by atoms with E-state index >= 15 is 0 Å². The zero-order valence-corrected chi connectivity index (χ0v) is 11.3. The predicted octanol–water partition coefficient (Wildman–Crippen LogP) is 2.16. The molecule has 3 N–H and O–H groups in total. The second-order valence-corrected chi connectivity index (χ2v) is 4.85. The first-order chi connectivity index (χ1) is 8.16. The van der Waals surface area contributed by atoms with Gasteiger partial charge >= 0.3 is 5.97 Å². The highest BCUT2D eigenvalue weighted by Gasteiger charge is 2.25. The summed E-state index contributed by atoms with van der Waals surface area (Å²) in [6.07, 6.45) is -0.440. The van der Waals surface area contributed by atoms with Crippen LogP contribution in [0.2, 0.25) is 0 Å². The van der Waals surface area contributed by atoms with E-state index in [1.165, 1.54) is 0 Å². The van der Waals surface area contributed by atoms with E-state index in [2.05, 4.69) is 0 Å². The summed E-state index contributed by atoms with van der Waals surface area (Å²) in [6.45, 7) is 6.90. The molecule has 0 spiro atoms. The van der Waals surface area contributed by atoms with Crippen LogP contribution in [0.15, 0.2) is 30.3 Å². The van der Waals surface area contributed by atoms with E-state index in [-0.39, 0.29) is 5.92 Å². The summed E-state index contributed by atoms with van der Waals surface area (Å²) in [5, 5.41) is 26.7. The average molecular weight is 254 g/mol. The van der Waals surface area contributed by atoms with E-state index in [0.29, 0.717) is 5.56 Å². The number of aliphatic hydroxyl groups excluding tert-OH is 1. The van der Waals surface area contributed by atoms with Gasteiger partial charge in [0.05, 0.1) is 17.3 Å². The van der Waals surface area contributed by atoms with Gasteiger partial charge in [-0.2, -0.15) is 0 Å². The third-order valence-electron chi connectivity index (χ3n) is 2.86. The van der Waals surface area contributed by atoms with Crippen molar-refractivity contribution in [1.82, 2.24) is 0 Å². The summed E-state index contributed by atoms with van der Waals surface area (Å²) >= 11 is 0. The van der Waals surface area contributed by atoms with Crippen LogP contribution >= 0.6 is 0 Å². The summed E-state index contributed by atoms with van der Waals surface area (Å²) in [6, 6.07) is 8.30.